The van der Waals surface area contributed by atoms with Crippen molar-refractivity contribution in [2.75, 3.05) is 17.1 Å². The third-order valence-corrected chi connectivity index (χ3v) is 7.66. The third kappa shape index (κ3) is 4.22. The molecule has 7 nitrogen and oxygen atoms in total. The first-order valence-corrected chi connectivity index (χ1v) is 11.9. The van der Waals surface area contributed by atoms with E-state index in [9.17, 15) is 18.3 Å². The van der Waals surface area contributed by atoms with E-state index in [2.05, 4.69) is 10.0 Å². The Morgan fingerprint density at radius 1 is 1.03 bits per heavy atom. The number of fused-ring (bicyclic) bond motifs is 1. The molecule has 1 heterocycles. The normalized spacial score (nSPS) is 11.3. The number of aromatic hydroxyl groups is 1. The van der Waals surface area contributed by atoms with Crippen molar-refractivity contribution < 1.29 is 23.1 Å². The summed E-state index contributed by atoms with van der Waals surface area (Å²) in [6.45, 7) is 0. The first-order valence-electron chi connectivity index (χ1n) is 9.27. The van der Waals surface area contributed by atoms with Gasteiger partial charge < -0.3 is 15.2 Å². The molecule has 10 heteroatoms. The molecule has 0 aliphatic rings. The molecule has 32 heavy (non-hydrogen) atoms. The van der Waals surface area contributed by atoms with Gasteiger partial charge in [0.15, 0.2) is 0 Å². The van der Waals surface area contributed by atoms with Crippen molar-refractivity contribution in [2.45, 2.75) is 4.90 Å². The number of phenolic OH excluding ortho intramolecular Hbond substituents is 1. The summed E-state index contributed by atoms with van der Waals surface area (Å²) >= 11 is 7.55. The Balaban J connectivity index is 1.63. The number of para-hydroxylation sites is 2. The molecule has 0 spiro atoms. The zero-order chi connectivity index (χ0) is 22.9. The monoisotopic (exact) mass is 488 g/mol. The number of amides is 1. The van der Waals surface area contributed by atoms with Crippen LogP contribution < -0.4 is 14.8 Å². The van der Waals surface area contributed by atoms with Crippen LogP contribution >= 0.6 is 22.9 Å². The lowest BCUT2D eigenvalue weighted by Gasteiger charge is -2.13. The number of carbonyl (C=O) groups is 1. The minimum Gasteiger partial charge on any atom is -0.506 e. The van der Waals surface area contributed by atoms with E-state index in [1.807, 2.05) is 18.2 Å². The summed E-state index contributed by atoms with van der Waals surface area (Å²) in [6, 6.07) is 17.5. The number of carbonyl (C=O) groups excluding carboxylic acids is 1. The minimum atomic E-state index is -4.03. The highest BCUT2D eigenvalue weighted by molar-refractivity contribution is 7.92. The van der Waals surface area contributed by atoms with Crippen LogP contribution in [0.25, 0.3) is 10.1 Å². The maximum absolute atomic E-state index is 12.9. The van der Waals surface area contributed by atoms with Crippen molar-refractivity contribution in [1.82, 2.24) is 0 Å². The molecular weight excluding hydrogens is 472 g/mol. The van der Waals surface area contributed by atoms with Crippen molar-refractivity contribution >= 4 is 60.3 Å². The first-order chi connectivity index (χ1) is 15.3. The fourth-order valence-electron chi connectivity index (χ4n) is 3.05. The van der Waals surface area contributed by atoms with Crippen LogP contribution in [0.5, 0.6) is 11.5 Å². The lowest BCUT2D eigenvalue weighted by atomic mass is 10.2. The molecule has 4 aromatic rings. The first kappa shape index (κ1) is 21.9. The van der Waals surface area contributed by atoms with Gasteiger partial charge in [0.25, 0.3) is 15.9 Å². The van der Waals surface area contributed by atoms with Gasteiger partial charge in [0.05, 0.1) is 28.4 Å². The summed E-state index contributed by atoms with van der Waals surface area (Å²) in [5, 5.41) is 13.8. The highest BCUT2D eigenvalue weighted by Crippen LogP contribution is 2.36. The van der Waals surface area contributed by atoms with Crippen molar-refractivity contribution in [2.24, 2.45) is 0 Å². The predicted octanol–water partition coefficient (Wildman–Crippen LogP) is 5.32. The summed E-state index contributed by atoms with van der Waals surface area (Å²) in [7, 11) is -2.60. The van der Waals surface area contributed by atoms with Crippen LogP contribution in [0.4, 0.5) is 11.4 Å². The van der Waals surface area contributed by atoms with Gasteiger partial charge in [0, 0.05) is 10.1 Å². The number of anilines is 2. The standard InChI is InChI=1S/C22H17ClN2O5S2/c1-30-18-8-4-3-7-15(18)25-32(28,29)13-10-11-17(26)16(12-13)24-22(27)21-20(23)14-6-2-5-9-19(14)31-21/h2-12,25-26H,1H3,(H,24,27). The topological polar surface area (TPSA) is 105 Å². The lowest BCUT2D eigenvalue weighted by Crippen LogP contribution is -2.15. The van der Waals surface area contributed by atoms with Gasteiger partial charge in [-0.3, -0.25) is 9.52 Å². The highest BCUT2D eigenvalue weighted by atomic mass is 35.5. The van der Waals surface area contributed by atoms with Gasteiger partial charge in [0.1, 0.15) is 16.4 Å². The Morgan fingerprint density at radius 3 is 2.50 bits per heavy atom. The second kappa shape index (κ2) is 8.70. The summed E-state index contributed by atoms with van der Waals surface area (Å²) in [6.07, 6.45) is 0. The van der Waals surface area contributed by atoms with E-state index < -0.39 is 15.9 Å². The van der Waals surface area contributed by atoms with E-state index >= 15 is 0 Å². The average molecular weight is 489 g/mol. The SMILES string of the molecule is COc1ccccc1NS(=O)(=O)c1ccc(O)c(NC(=O)c2sc3ccccc3c2Cl)c1. The molecule has 0 fully saturated rings. The van der Waals surface area contributed by atoms with Crippen molar-refractivity contribution in [3.05, 3.63) is 76.6 Å². The predicted molar refractivity (Wildman–Crippen MR) is 127 cm³/mol. The second-order valence-electron chi connectivity index (χ2n) is 6.68. The van der Waals surface area contributed by atoms with Crippen LogP contribution in [0.15, 0.2) is 71.6 Å². The number of phenols is 1. The molecule has 0 aliphatic carbocycles. The number of thiophene rings is 1. The number of methoxy groups -OCH3 is 1. The van der Waals surface area contributed by atoms with Crippen LogP contribution in [-0.4, -0.2) is 26.5 Å². The molecule has 0 aliphatic heterocycles. The number of rotatable bonds is 6. The molecule has 0 bridgehead atoms. The van der Waals surface area contributed by atoms with Crippen molar-refractivity contribution in [3.8, 4) is 11.5 Å². The molecule has 0 unspecified atom stereocenters. The van der Waals surface area contributed by atoms with E-state index in [0.717, 1.165) is 10.1 Å². The largest absolute Gasteiger partial charge is 0.506 e. The van der Waals surface area contributed by atoms with Crippen LogP contribution in [0, 0.1) is 0 Å². The molecule has 164 valence electrons. The average Bonchev–Trinajstić information content (AvgIpc) is 3.12. The molecule has 0 saturated heterocycles. The Hall–Kier alpha value is -3.27. The van der Waals surface area contributed by atoms with Crippen molar-refractivity contribution in [1.29, 1.82) is 0 Å². The lowest BCUT2D eigenvalue weighted by molar-refractivity contribution is 0.103. The summed E-state index contributed by atoms with van der Waals surface area (Å²) in [5.41, 5.74) is 0.192. The van der Waals surface area contributed by atoms with Gasteiger partial charge in [-0.1, -0.05) is 41.9 Å². The van der Waals surface area contributed by atoms with Crippen LogP contribution in [-0.2, 0) is 10.0 Å². The number of nitrogens with one attached hydrogen (secondary N) is 2. The molecule has 0 radical (unpaired) electrons. The summed E-state index contributed by atoms with van der Waals surface area (Å²) in [5.74, 6) is -0.492. The van der Waals surface area contributed by atoms with Gasteiger partial charge >= 0.3 is 0 Å². The van der Waals surface area contributed by atoms with Gasteiger partial charge in [-0.25, -0.2) is 8.42 Å². The zero-order valence-corrected chi connectivity index (χ0v) is 19.0. The van der Waals surface area contributed by atoms with Gasteiger partial charge in [0.2, 0.25) is 0 Å². The summed E-state index contributed by atoms with van der Waals surface area (Å²) in [4.78, 5) is 12.9. The number of hydrogen-bond acceptors (Lipinski definition) is 6. The van der Waals surface area contributed by atoms with E-state index in [1.165, 1.54) is 36.6 Å². The zero-order valence-electron chi connectivity index (χ0n) is 16.6. The molecule has 0 atom stereocenters. The fraction of sp³-hybridized carbons (Fsp3) is 0.0455. The molecule has 3 aromatic carbocycles. The second-order valence-corrected chi connectivity index (χ2v) is 9.79. The Labute approximate surface area is 193 Å². The molecule has 1 aromatic heterocycles. The summed E-state index contributed by atoms with van der Waals surface area (Å²) < 4.78 is 34.2. The van der Waals surface area contributed by atoms with E-state index in [4.69, 9.17) is 16.3 Å². The van der Waals surface area contributed by atoms with E-state index in [-0.39, 0.29) is 26.9 Å². The fourth-order valence-corrected chi connectivity index (χ4v) is 5.56. The van der Waals surface area contributed by atoms with E-state index in [0.29, 0.717) is 10.8 Å². The molecular formula is C22H17ClN2O5S2. The number of ether oxygens (including phenoxy) is 1. The minimum absolute atomic E-state index is 0.0635. The Morgan fingerprint density at radius 2 is 1.75 bits per heavy atom. The molecule has 0 saturated carbocycles. The Kier molecular flexibility index (Phi) is 5.96. The third-order valence-electron chi connectivity index (χ3n) is 4.62. The molecule has 3 N–H and O–H groups in total. The molecule has 1 amide bonds. The van der Waals surface area contributed by atoms with Gasteiger partial charge in [-0.05, 0) is 36.4 Å². The highest BCUT2D eigenvalue weighted by Gasteiger charge is 2.21. The van der Waals surface area contributed by atoms with Crippen LogP contribution in [0.1, 0.15) is 9.67 Å². The van der Waals surface area contributed by atoms with Gasteiger partial charge in [-0.15, -0.1) is 11.3 Å². The van der Waals surface area contributed by atoms with Crippen LogP contribution in [0.2, 0.25) is 5.02 Å². The molecule has 4 rings (SSSR count). The maximum atomic E-state index is 12.9. The van der Waals surface area contributed by atoms with E-state index in [1.54, 1.807) is 30.3 Å². The number of halogens is 1. The number of sulfonamides is 1. The number of hydrogen-bond donors (Lipinski definition) is 3. The van der Waals surface area contributed by atoms with Crippen molar-refractivity contribution in [3.63, 3.8) is 0 Å². The number of benzene rings is 3. The maximum Gasteiger partial charge on any atom is 0.267 e. The van der Waals surface area contributed by atoms with Gasteiger partial charge in [-0.2, -0.15) is 0 Å². The van der Waals surface area contributed by atoms with Crippen LogP contribution in [0.3, 0.4) is 0 Å². The quantitative estimate of drug-likeness (QED) is 0.318. The smallest absolute Gasteiger partial charge is 0.267 e. The Bertz CT molecular complexity index is 1430.